The molecule has 1 fully saturated rings. The molecule has 136 valence electrons. The minimum atomic E-state index is -0.667. The number of ether oxygens (including phenoxy) is 1. The van der Waals surface area contributed by atoms with Gasteiger partial charge in [0.25, 0.3) is 11.8 Å². The fourth-order valence-electron chi connectivity index (χ4n) is 2.81. The summed E-state index contributed by atoms with van der Waals surface area (Å²) in [6.45, 7) is 1.33. The molecular weight excluding hydrogens is 336 g/mol. The maximum atomic E-state index is 12.4. The average Bonchev–Trinajstić information content (AvgIpc) is 2.68. The van der Waals surface area contributed by atoms with Crippen LogP contribution in [-0.4, -0.2) is 53.2 Å². The highest BCUT2D eigenvalue weighted by atomic mass is 16.5. The van der Waals surface area contributed by atoms with Crippen LogP contribution in [0.25, 0.3) is 0 Å². The number of nitrogens with one attached hydrogen (secondary N) is 1. The summed E-state index contributed by atoms with van der Waals surface area (Å²) in [6.07, 6.45) is 3.06. The highest BCUT2D eigenvalue weighted by Gasteiger charge is 2.24. The van der Waals surface area contributed by atoms with E-state index in [1.807, 2.05) is 4.90 Å². The Balaban J connectivity index is 1.62. The molecule has 9 nitrogen and oxygen atoms in total. The van der Waals surface area contributed by atoms with E-state index in [0.717, 1.165) is 19.4 Å². The van der Waals surface area contributed by atoms with Crippen molar-refractivity contribution in [1.29, 1.82) is 0 Å². The van der Waals surface area contributed by atoms with Crippen LogP contribution in [0, 0.1) is 0 Å². The van der Waals surface area contributed by atoms with Gasteiger partial charge < -0.3 is 20.7 Å². The largest absolute Gasteiger partial charge is 0.497 e. The van der Waals surface area contributed by atoms with Crippen molar-refractivity contribution in [1.82, 2.24) is 20.5 Å². The molecule has 2 heterocycles. The van der Waals surface area contributed by atoms with Crippen LogP contribution in [0.2, 0.25) is 0 Å². The number of nitrogens with two attached hydrogens (primary N) is 1. The first-order valence-electron chi connectivity index (χ1n) is 8.26. The number of methoxy groups -OCH3 is 1. The molecule has 0 spiro atoms. The highest BCUT2D eigenvalue weighted by Crippen LogP contribution is 2.16. The molecule has 1 aliphatic rings. The van der Waals surface area contributed by atoms with Crippen LogP contribution in [0.1, 0.15) is 33.7 Å². The number of benzene rings is 1. The molecule has 1 saturated heterocycles. The zero-order chi connectivity index (χ0) is 18.5. The van der Waals surface area contributed by atoms with E-state index in [1.54, 1.807) is 31.4 Å². The molecular formula is C17H20N6O3. The topological polar surface area (TPSA) is 123 Å². The second kappa shape index (κ2) is 7.77. The molecule has 0 saturated carbocycles. The Morgan fingerprint density at radius 2 is 2.04 bits per heavy atom. The van der Waals surface area contributed by atoms with Crippen LogP contribution < -0.4 is 20.7 Å². The van der Waals surface area contributed by atoms with Crippen LogP contribution in [0.3, 0.4) is 0 Å². The molecule has 2 amide bonds. The number of hydrogen-bond acceptors (Lipinski definition) is 7. The summed E-state index contributed by atoms with van der Waals surface area (Å²) in [5.74, 6) is 0.315. The van der Waals surface area contributed by atoms with Gasteiger partial charge in [0.15, 0.2) is 5.69 Å². The summed E-state index contributed by atoms with van der Waals surface area (Å²) in [5.41, 5.74) is 5.74. The second-order valence-corrected chi connectivity index (χ2v) is 5.99. The van der Waals surface area contributed by atoms with E-state index in [1.165, 1.54) is 6.20 Å². The molecule has 0 radical (unpaired) electrons. The van der Waals surface area contributed by atoms with E-state index in [0.29, 0.717) is 23.8 Å². The molecule has 1 aliphatic heterocycles. The normalized spacial score (nSPS) is 16.8. The minimum Gasteiger partial charge on any atom is -0.497 e. The monoisotopic (exact) mass is 356 g/mol. The Kier molecular flexibility index (Phi) is 5.26. The number of rotatable bonds is 5. The Morgan fingerprint density at radius 3 is 2.65 bits per heavy atom. The molecule has 1 aromatic carbocycles. The third kappa shape index (κ3) is 4.05. The summed E-state index contributed by atoms with van der Waals surface area (Å²) in [4.78, 5) is 29.5. The van der Waals surface area contributed by atoms with Crippen LogP contribution in [-0.2, 0) is 0 Å². The Bertz CT molecular complexity index is 778. The molecule has 0 bridgehead atoms. The van der Waals surface area contributed by atoms with Gasteiger partial charge in [-0.2, -0.15) is 0 Å². The number of primary amides is 1. The molecule has 1 atom stereocenters. The fraction of sp³-hybridized carbons (Fsp3) is 0.353. The van der Waals surface area contributed by atoms with Gasteiger partial charge in [-0.1, -0.05) is 0 Å². The summed E-state index contributed by atoms with van der Waals surface area (Å²) in [7, 11) is 1.58. The van der Waals surface area contributed by atoms with Gasteiger partial charge in [0.2, 0.25) is 5.95 Å². The number of piperidine rings is 1. The molecule has 26 heavy (non-hydrogen) atoms. The first kappa shape index (κ1) is 17.6. The van der Waals surface area contributed by atoms with Crippen molar-refractivity contribution in [3.05, 3.63) is 41.7 Å². The lowest BCUT2D eigenvalue weighted by atomic mass is 10.1. The number of amides is 2. The first-order chi connectivity index (χ1) is 12.6. The third-order valence-electron chi connectivity index (χ3n) is 4.19. The smallest absolute Gasteiger partial charge is 0.270 e. The molecule has 9 heteroatoms. The number of nitrogens with zero attached hydrogens (tertiary/aromatic N) is 4. The van der Waals surface area contributed by atoms with Gasteiger partial charge in [-0.25, -0.2) is 4.98 Å². The maximum absolute atomic E-state index is 12.4. The van der Waals surface area contributed by atoms with Crippen molar-refractivity contribution < 1.29 is 14.3 Å². The van der Waals surface area contributed by atoms with Crippen molar-refractivity contribution in [2.24, 2.45) is 5.73 Å². The van der Waals surface area contributed by atoms with Gasteiger partial charge in [-0.3, -0.25) is 9.59 Å². The first-order valence-corrected chi connectivity index (χ1v) is 8.26. The molecule has 2 aromatic rings. The standard InChI is InChI=1S/C17H20N6O3/c1-26-13-6-4-11(5-7-13)16(25)20-12-3-2-8-23(10-12)17-19-9-14(15(18)24)21-22-17/h4-7,9,12H,2-3,8,10H2,1H3,(H2,18,24)(H,20,25)/t12-/m1/s1. The second-order valence-electron chi connectivity index (χ2n) is 5.99. The molecule has 0 aliphatic carbocycles. The van der Waals surface area contributed by atoms with E-state index in [2.05, 4.69) is 20.5 Å². The summed E-state index contributed by atoms with van der Waals surface area (Å²) >= 11 is 0. The van der Waals surface area contributed by atoms with Crippen LogP contribution in [0.5, 0.6) is 5.75 Å². The number of anilines is 1. The zero-order valence-corrected chi connectivity index (χ0v) is 14.4. The van der Waals surface area contributed by atoms with E-state index in [4.69, 9.17) is 10.5 Å². The Labute approximate surface area is 150 Å². The Hall–Kier alpha value is -3.23. The fourth-order valence-corrected chi connectivity index (χ4v) is 2.81. The number of carbonyl (C=O) groups is 2. The van der Waals surface area contributed by atoms with E-state index in [9.17, 15) is 9.59 Å². The van der Waals surface area contributed by atoms with E-state index >= 15 is 0 Å². The van der Waals surface area contributed by atoms with Crippen molar-refractivity contribution in [3.63, 3.8) is 0 Å². The summed E-state index contributed by atoms with van der Waals surface area (Å²) < 4.78 is 5.10. The minimum absolute atomic E-state index is 0.0233. The Morgan fingerprint density at radius 1 is 1.27 bits per heavy atom. The number of aromatic nitrogens is 3. The zero-order valence-electron chi connectivity index (χ0n) is 14.4. The molecule has 1 aromatic heterocycles. The predicted octanol–water partition coefficient (Wildman–Crippen LogP) is 0.378. The number of carbonyl (C=O) groups excluding carboxylic acids is 2. The van der Waals surface area contributed by atoms with E-state index < -0.39 is 5.91 Å². The summed E-state index contributed by atoms with van der Waals surface area (Å²) in [5, 5.41) is 10.8. The van der Waals surface area contributed by atoms with Crippen molar-refractivity contribution >= 4 is 17.8 Å². The SMILES string of the molecule is COc1ccc(C(=O)N[C@@H]2CCCN(c3ncc(C(N)=O)nn3)C2)cc1. The van der Waals surface area contributed by atoms with Crippen molar-refractivity contribution in [2.75, 3.05) is 25.1 Å². The number of hydrogen-bond donors (Lipinski definition) is 2. The molecule has 3 N–H and O–H groups in total. The van der Waals surface area contributed by atoms with Gasteiger partial charge >= 0.3 is 0 Å². The van der Waals surface area contributed by atoms with E-state index in [-0.39, 0.29) is 17.6 Å². The lowest BCUT2D eigenvalue weighted by Crippen LogP contribution is -2.48. The lowest BCUT2D eigenvalue weighted by Gasteiger charge is -2.32. The van der Waals surface area contributed by atoms with Crippen LogP contribution in [0.15, 0.2) is 30.5 Å². The predicted molar refractivity (Wildman–Crippen MR) is 94.0 cm³/mol. The summed E-state index contributed by atoms with van der Waals surface area (Å²) in [6, 6.07) is 6.93. The average molecular weight is 356 g/mol. The maximum Gasteiger partial charge on any atom is 0.270 e. The molecule has 0 unspecified atom stereocenters. The van der Waals surface area contributed by atoms with Gasteiger partial charge in [-0.15, -0.1) is 10.2 Å². The van der Waals surface area contributed by atoms with Crippen LogP contribution in [0.4, 0.5) is 5.95 Å². The van der Waals surface area contributed by atoms with Crippen molar-refractivity contribution in [2.45, 2.75) is 18.9 Å². The van der Waals surface area contributed by atoms with Gasteiger partial charge in [0.05, 0.1) is 13.3 Å². The third-order valence-corrected chi connectivity index (χ3v) is 4.19. The quantitative estimate of drug-likeness (QED) is 0.793. The lowest BCUT2D eigenvalue weighted by molar-refractivity contribution is 0.0931. The van der Waals surface area contributed by atoms with Crippen molar-refractivity contribution in [3.8, 4) is 5.75 Å². The van der Waals surface area contributed by atoms with Crippen LogP contribution >= 0.6 is 0 Å². The van der Waals surface area contributed by atoms with Gasteiger partial charge in [-0.05, 0) is 37.1 Å². The van der Waals surface area contributed by atoms with Gasteiger partial charge in [0.1, 0.15) is 5.75 Å². The molecule has 3 rings (SSSR count). The highest BCUT2D eigenvalue weighted by molar-refractivity contribution is 5.94. The van der Waals surface area contributed by atoms with Gasteiger partial charge in [0, 0.05) is 24.7 Å².